The summed E-state index contributed by atoms with van der Waals surface area (Å²) in [6, 6.07) is 0. The van der Waals surface area contributed by atoms with Crippen molar-refractivity contribution in [3.05, 3.63) is 0 Å². The average molecular weight is 208 g/mol. The minimum atomic E-state index is -1.18. The molecule has 0 aliphatic carbocycles. The standard InChI is InChI=1S/C10H21FO3/c1-5-13-8(2)14-10(3,4)9(11)6-7-12/h8-9,12H,5-7H2,1-4H3/t8?,9-/m1/s1. The Kier molecular flexibility index (Phi) is 6.24. The zero-order valence-corrected chi connectivity index (χ0v) is 9.42. The average Bonchev–Trinajstić information content (AvgIpc) is 2.03. The van der Waals surface area contributed by atoms with Crippen LogP contribution < -0.4 is 0 Å². The van der Waals surface area contributed by atoms with Crippen molar-refractivity contribution in [1.29, 1.82) is 0 Å². The summed E-state index contributed by atoms with van der Waals surface area (Å²) in [5, 5.41) is 8.61. The molecule has 0 rings (SSSR count). The van der Waals surface area contributed by atoms with Gasteiger partial charge in [-0.2, -0.15) is 0 Å². The van der Waals surface area contributed by atoms with Crippen molar-refractivity contribution < 1.29 is 19.0 Å². The van der Waals surface area contributed by atoms with E-state index in [4.69, 9.17) is 14.6 Å². The van der Waals surface area contributed by atoms with Gasteiger partial charge in [-0.25, -0.2) is 4.39 Å². The molecule has 0 radical (unpaired) electrons. The Labute approximate surface area is 85.2 Å². The summed E-state index contributed by atoms with van der Waals surface area (Å²) in [6.07, 6.45) is -1.52. The lowest BCUT2D eigenvalue weighted by Gasteiger charge is -2.31. The third kappa shape index (κ3) is 4.88. The first-order chi connectivity index (χ1) is 6.44. The zero-order valence-electron chi connectivity index (χ0n) is 9.42. The Morgan fingerprint density at radius 1 is 1.43 bits per heavy atom. The van der Waals surface area contributed by atoms with Crippen LogP contribution in [0.5, 0.6) is 0 Å². The molecule has 0 aromatic rings. The fourth-order valence-electron chi connectivity index (χ4n) is 1.23. The molecule has 0 bridgehead atoms. The van der Waals surface area contributed by atoms with E-state index in [1.165, 1.54) is 0 Å². The zero-order chi connectivity index (χ0) is 11.2. The second-order valence-corrected chi connectivity index (χ2v) is 3.72. The topological polar surface area (TPSA) is 38.7 Å². The van der Waals surface area contributed by atoms with E-state index in [2.05, 4.69) is 0 Å². The molecule has 14 heavy (non-hydrogen) atoms. The first-order valence-electron chi connectivity index (χ1n) is 4.98. The van der Waals surface area contributed by atoms with Crippen molar-refractivity contribution in [2.24, 2.45) is 0 Å². The lowest BCUT2D eigenvalue weighted by atomic mass is 10.0. The largest absolute Gasteiger partial charge is 0.396 e. The maximum Gasteiger partial charge on any atom is 0.155 e. The van der Waals surface area contributed by atoms with E-state index in [-0.39, 0.29) is 13.0 Å². The van der Waals surface area contributed by atoms with Crippen molar-refractivity contribution in [2.75, 3.05) is 13.2 Å². The van der Waals surface area contributed by atoms with Crippen LogP contribution in [0, 0.1) is 0 Å². The predicted molar refractivity (Wildman–Crippen MR) is 52.9 cm³/mol. The minimum absolute atomic E-state index is 0.0891. The van der Waals surface area contributed by atoms with Gasteiger partial charge in [0.2, 0.25) is 0 Å². The molecule has 0 aliphatic rings. The highest BCUT2D eigenvalue weighted by atomic mass is 19.1. The molecule has 4 heteroatoms. The van der Waals surface area contributed by atoms with E-state index < -0.39 is 18.1 Å². The molecule has 0 aromatic heterocycles. The van der Waals surface area contributed by atoms with E-state index in [1.54, 1.807) is 20.8 Å². The van der Waals surface area contributed by atoms with Gasteiger partial charge in [-0.15, -0.1) is 0 Å². The smallest absolute Gasteiger partial charge is 0.155 e. The van der Waals surface area contributed by atoms with Gasteiger partial charge in [0, 0.05) is 19.6 Å². The van der Waals surface area contributed by atoms with E-state index in [1.807, 2.05) is 6.92 Å². The summed E-state index contributed by atoms with van der Waals surface area (Å²) >= 11 is 0. The fourth-order valence-corrected chi connectivity index (χ4v) is 1.23. The van der Waals surface area contributed by atoms with E-state index in [0.717, 1.165) is 0 Å². The number of ether oxygens (including phenoxy) is 2. The van der Waals surface area contributed by atoms with Crippen LogP contribution in [0.4, 0.5) is 4.39 Å². The Hall–Kier alpha value is -0.190. The van der Waals surface area contributed by atoms with Gasteiger partial charge in [0.15, 0.2) is 6.29 Å². The van der Waals surface area contributed by atoms with Gasteiger partial charge < -0.3 is 14.6 Å². The van der Waals surface area contributed by atoms with Crippen molar-refractivity contribution in [2.45, 2.75) is 52.2 Å². The summed E-state index contributed by atoms with van der Waals surface area (Å²) in [7, 11) is 0. The van der Waals surface area contributed by atoms with Crippen LogP contribution >= 0.6 is 0 Å². The highest BCUT2D eigenvalue weighted by molar-refractivity contribution is 4.79. The molecule has 86 valence electrons. The number of aliphatic hydroxyl groups is 1. The maximum atomic E-state index is 13.4. The maximum absolute atomic E-state index is 13.4. The molecule has 0 spiro atoms. The molecule has 1 N–H and O–H groups in total. The molecule has 0 amide bonds. The third-order valence-corrected chi connectivity index (χ3v) is 2.01. The first kappa shape index (κ1) is 13.8. The van der Waals surface area contributed by atoms with E-state index >= 15 is 0 Å². The van der Waals surface area contributed by atoms with Crippen LogP contribution in [0.3, 0.4) is 0 Å². The molecule has 0 saturated carbocycles. The Bertz CT molecular complexity index is 150. The summed E-state index contributed by atoms with van der Waals surface area (Å²) < 4.78 is 24.0. The first-order valence-corrected chi connectivity index (χ1v) is 4.98. The predicted octanol–water partition coefficient (Wildman–Crippen LogP) is 1.88. The molecular formula is C10H21FO3. The molecule has 1 unspecified atom stereocenters. The van der Waals surface area contributed by atoms with Crippen molar-refractivity contribution in [1.82, 2.24) is 0 Å². The highest BCUT2D eigenvalue weighted by Gasteiger charge is 2.31. The van der Waals surface area contributed by atoms with Crippen molar-refractivity contribution >= 4 is 0 Å². The van der Waals surface area contributed by atoms with Crippen LogP contribution in [0.1, 0.15) is 34.1 Å². The highest BCUT2D eigenvalue weighted by Crippen LogP contribution is 2.22. The van der Waals surface area contributed by atoms with Gasteiger partial charge in [0.1, 0.15) is 6.17 Å². The molecule has 0 fully saturated rings. The second-order valence-electron chi connectivity index (χ2n) is 3.72. The van der Waals surface area contributed by atoms with Crippen molar-refractivity contribution in [3.63, 3.8) is 0 Å². The number of aliphatic hydroxyl groups excluding tert-OH is 1. The molecule has 0 aromatic carbocycles. The number of hydrogen-bond acceptors (Lipinski definition) is 3. The fraction of sp³-hybridized carbons (Fsp3) is 1.00. The molecule has 0 heterocycles. The van der Waals surface area contributed by atoms with Gasteiger partial charge >= 0.3 is 0 Å². The van der Waals surface area contributed by atoms with Gasteiger partial charge in [-0.05, 0) is 27.7 Å². The number of alkyl halides is 1. The Morgan fingerprint density at radius 3 is 2.43 bits per heavy atom. The molecular weight excluding hydrogens is 187 g/mol. The molecule has 0 saturated heterocycles. The van der Waals surface area contributed by atoms with Crippen LogP contribution in [0.2, 0.25) is 0 Å². The minimum Gasteiger partial charge on any atom is -0.396 e. The van der Waals surface area contributed by atoms with Gasteiger partial charge in [-0.3, -0.25) is 0 Å². The Balaban J connectivity index is 4.03. The lowest BCUT2D eigenvalue weighted by Crippen LogP contribution is -2.40. The summed E-state index contributed by atoms with van der Waals surface area (Å²) in [4.78, 5) is 0. The second kappa shape index (κ2) is 6.32. The van der Waals surface area contributed by atoms with Crippen LogP contribution in [-0.4, -0.2) is 36.4 Å². The van der Waals surface area contributed by atoms with Crippen molar-refractivity contribution in [3.8, 4) is 0 Å². The van der Waals surface area contributed by atoms with Crippen LogP contribution in [-0.2, 0) is 9.47 Å². The Morgan fingerprint density at radius 2 is 2.00 bits per heavy atom. The summed E-state index contributed by atoms with van der Waals surface area (Å²) in [6.45, 7) is 7.27. The summed E-state index contributed by atoms with van der Waals surface area (Å²) in [5.74, 6) is 0. The van der Waals surface area contributed by atoms with E-state index in [9.17, 15) is 4.39 Å². The molecule has 0 aliphatic heterocycles. The lowest BCUT2D eigenvalue weighted by molar-refractivity contribution is -0.208. The number of rotatable bonds is 7. The normalized spacial score (nSPS) is 16.7. The van der Waals surface area contributed by atoms with Crippen LogP contribution in [0.25, 0.3) is 0 Å². The van der Waals surface area contributed by atoms with Crippen LogP contribution in [0.15, 0.2) is 0 Å². The number of hydrogen-bond donors (Lipinski definition) is 1. The van der Waals surface area contributed by atoms with E-state index in [0.29, 0.717) is 6.61 Å². The van der Waals surface area contributed by atoms with Gasteiger partial charge in [0.25, 0.3) is 0 Å². The monoisotopic (exact) mass is 208 g/mol. The van der Waals surface area contributed by atoms with Gasteiger partial charge in [-0.1, -0.05) is 0 Å². The molecule has 3 nitrogen and oxygen atoms in total. The quantitative estimate of drug-likeness (QED) is 0.649. The summed E-state index contributed by atoms with van der Waals surface area (Å²) in [5.41, 5.74) is -0.919. The SMILES string of the molecule is CCOC(C)OC(C)(C)[C@H](F)CCO. The van der Waals surface area contributed by atoms with Gasteiger partial charge in [0.05, 0.1) is 5.60 Å². The number of halogens is 1. The molecule has 2 atom stereocenters. The third-order valence-electron chi connectivity index (χ3n) is 2.01.